The van der Waals surface area contributed by atoms with E-state index in [0.29, 0.717) is 17.1 Å². The number of aliphatic hydroxyl groups excluding tert-OH is 1. The topological polar surface area (TPSA) is 83.8 Å². The zero-order valence-corrected chi connectivity index (χ0v) is 14.9. The van der Waals surface area contributed by atoms with Crippen molar-refractivity contribution in [3.05, 3.63) is 89.1 Å². The number of carbonyl (C=O) groups is 1. The summed E-state index contributed by atoms with van der Waals surface area (Å²) in [5.41, 5.74) is 2.53. The Balaban J connectivity index is 1.78. The molecule has 0 aliphatic heterocycles. The summed E-state index contributed by atoms with van der Waals surface area (Å²) in [6, 6.07) is 15.4. The Morgan fingerprint density at radius 1 is 1.22 bits per heavy atom. The first kappa shape index (κ1) is 17.1. The van der Waals surface area contributed by atoms with Crippen LogP contribution in [0.1, 0.15) is 21.7 Å². The standard InChI is InChI=1S/C20H15ClN4O2/c21-14-6-7-15-16(18(26)9-19(27)20-22-12-23-24-20)11-25(17(15)8-14)10-13-4-2-1-3-5-13/h1-9,11-12,26H,10H2,(H,22,23,24)/b18-9-. The van der Waals surface area contributed by atoms with E-state index in [4.69, 9.17) is 11.6 Å². The van der Waals surface area contributed by atoms with Crippen molar-refractivity contribution in [3.63, 3.8) is 0 Å². The van der Waals surface area contributed by atoms with E-state index < -0.39 is 5.78 Å². The number of hydrogen-bond acceptors (Lipinski definition) is 4. The van der Waals surface area contributed by atoms with Crippen molar-refractivity contribution in [2.75, 3.05) is 0 Å². The van der Waals surface area contributed by atoms with Gasteiger partial charge in [0.1, 0.15) is 12.1 Å². The van der Waals surface area contributed by atoms with Crippen LogP contribution < -0.4 is 0 Å². The smallest absolute Gasteiger partial charge is 0.226 e. The number of carbonyl (C=O) groups excluding carboxylic acids is 1. The highest BCUT2D eigenvalue weighted by Crippen LogP contribution is 2.29. The molecule has 0 spiro atoms. The van der Waals surface area contributed by atoms with Gasteiger partial charge in [-0.2, -0.15) is 5.10 Å². The van der Waals surface area contributed by atoms with Crippen molar-refractivity contribution in [3.8, 4) is 0 Å². The number of nitrogens with zero attached hydrogens (tertiary/aromatic N) is 3. The number of benzene rings is 2. The molecule has 0 bridgehead atoms. The van der Waals surface area contributed by atoms with Crippen LogP contribution in [0.4, 0.5) is 0 Å². The lowest BCUT2D eigenvalue weighted by molar-refractivity contribution is 0.103. The molecule has 0 atom stereocenters. The average molecular weight is 379 g/mol. The number of aliphatic hydroxyl groups is 1. The normalized spacial score (nSPS) is 11.8. The SMILES string of the molecule is O=C(/C=C(\O)c1cn(Cc2ccccc2)c2cc(Cl)ccc12)c1ncn[nH]1. The number of allylic oxidation sites excluding steroid dienone is 1. The second kappa shape index (κ2) is 7.09. The summed E-state index contributed by atoms with van der Waals surface area (Å²) in [5, 5.41) is 18.1. The molecule has 0 saturated carbocycles. The van der Waals surface area contributed by atoms with Crippen LogP contribution >= 0.6 is 11.6 Å². The number of aromatic amines is 1. The summed E-state index contributed by atoms with van der Waals surface area (Å²) in [4.78, 5) is 16.0. The third-order valence-electron chi connectivity index (χ3n) is 4.23. The van der Waals surface area contributed by atoms with Crippen LogP contribution in [0, 0.1) is 0 Å². The highest BCUT2D eigenvalue weighted by atomic mass is 35.5. The lowest BCUT2D eigenvalue weighted by Crippen LogP contribution is -1.99. The Morgan fingerprint density at radius 3 is 2.78 bits per heavy atom. The molecule has 2 heterocycles. The summed E-state index contributed by atoms with van der Waals surface area (Å²) in [6.45, 7) is 0.612. The molecule has 2 N–H and O–H groups in total. The van der Waals surface area contributed by atoms with E-state index >= 15 is 0 Å². The van der Waals surface area contributed by atoms with Crippen molar-refractivity contribution in [1.82, 2.24) is 19.7 Å². The maximum atomic E-state index is 12.2. The fourth-order valence-electron chi connectivity index (χ4n) is 2.97. The number of aromatic nitrogens is 4. The molecular weight excluding hydrogens is 364 g/mol. The molecule has 0 aliphatic rings. The minimum atomic E-state index is -0.456. The molecule has 0 aliphatic carbocycles. The Kier molecular flexibility index (Phi) is 4.48. The Morgan fingerprint density at radius 2 is 2.04 bits per heavy atom. The van der Waals surface area contributed by atoms with E-state index in [1.54, 1.807) is 6.07 Å². The fourth-order valence-corrected chi connectivity index (χ4v) is 3.14. The van der Waals surface area contributed by atoms with E-state index in [0.717, 1.165) is 22.5 Å². The van der Waals surface area contributed by atoms with Crippen molar-refractivity contribution in [2.45, 2.75) is 6.54 Å². The Labute approximate surface area is 159 Å². The number of hydrogen-bond donors (Lipinski definition) is 2. The van der Waals surface area contributed by atoms with Crippen molar-refractivity contribution in [2.24, 2.45) is 0 Å². The van der Waals surface area contributed by atoms with Crippen molar-refractivity contribution in [1.29, 1.82) is 0 Å². The second-order valence-corrected chi connectivity index (χ2v) is 6.48. The Bertz CT molecular complexity index is 1130. The van der Waals surface area contributed by atoms with E-state index in [-0.39, 0.29) is 11.6 Å². The summed E-state index contributed by atoms with van der Waals surface area (Å²) in [5.74, 6) is -0.531. The number of rotatable bonds is 5. The third kappa shape index (κ3) is 3.47. The summed E-state index contributed by atoms with van der Waals surface area (Å²) in [6.07, 6.45) is 4.19. The van der Waals surface area contributed by atoms with Gasteiger partial charge in [-0.1, -0.05) is 48.0 Å². The van der Waals surface area contributed by atoms with E-state index in [2.05, 4.69) is 15.2 Å². The van der Waals surface area contributed by atoms with Crippen LogP contribution in [0.25, 0.3) is 16.7 Å². The molecule has 4 rings (SSSR count). The molecule has 2 aromatic carbocycles. The zero-order chi connectivity index (χ0) is 18.8. The van der Waals surface area contributed by atoms with Gasteiger partial charge in [0, 0.05) is 34.8 Å². The molecule has 0 amide bonds. The van der Waals surface area contributed by atoms with Gasteiger partial charge in [0.15, 0.2) is 5.82 Å². The molecular formula is C20H15ClN4O2. The van der Waals surface area contributed by atoms with Gasteiger partial charge in [-0.25, -0.2) is 4.98 Å². The maximum absolute atomic E-state index is 12.2. The van der Waals surface area contributed by atoms with Crippen LogP contribution in [-0.2, 0) is 6.54 Å². The first-order valence-electron chi connectivity index (χ1n) is 8.25. The molecule has 27 heavy (non-hydrogen) atoms. The largest absolute Gasteiger partial charge is 0.507 e. The zero-order valence-electron chi connectivity index (χ0n) is 14.1. The van der Waals surface area contributed by atoms with Gasteiger partial charge in [-0.3, -0.25) is 9.89 Å². The Hall–Kier alpha value is -3.38. The number of halogens is 1. The number of H-pyrrole nitrogens is 1. The van der Waals surface area contributed by atoms with Gasteiger partial charge in [-0.05, 0) is 17.7 Å². The highest BCUT2D eigenvalue weighted by molar-refractivity contribution is 6.31. The predicted octanol–water partition coefficient (Wildman–Crippen LogP) is 4.24. The molecule has 0 fully saturated rings. The van der Waals surface area contributed by atoms with Gasteiger partial charge >= 0.3 is 0 Å². The number of fused-ring (bicyclic) bond motifs is 1. The molecule has 7 heteroatoms. The van der Waals surface area contributed by atoms with Gasteiger partial charge in [-0.15, -0.1) is 0 Å². The minimum absolute atomic E-state index is 0.0672. The van der Waals surface area contributed by atoms with Gasteiger partial charge in [0.05, 0.1) is 5.52 Å². The first-order chi connectivity index (χ1) is 13.1. The molecule has 134 valence electrons. The van der Waals surface area contributed by atoms with Crippen LogP contribution in [-0.4, -0.2) is 30.6 Å². The van der Waals surface area contributed by atoms with Crippen molar-refractivity contribution < 1.29 is 9.90 Å². The van der Waals surface area contributed by atoms with E-state index in [9.17, 15) is 9.90 Å². The number of ketones is 1. The monoisotopic (exact) mass is 378 g/mol. The van der Waals surface area contributed by atoms with Crippen LogP contribution in [0.15, 0.2) is 67.1 Å². The van der Waals surface area contributed by atoms with Gasteiger partial charge < -0.3 is 9.67 Å². The summed E-state index contributed by atoms with van der Waals surface area (Å²) >= 11 is 6.17. The second-order valence-electron chi connectivity index (χ2n) is 6.05. The lowest BCUT2D eigenvalue weighted by atomic mass is 10.1. The molecule has 0 unspecified atom stereocenters. The van der Waals surface area contributed by atoms with Crippen LogP contribution in [0.5, 0.6) is 0 Å². The van der Waals surface area contributed by atoms with Gasteiger partial charge in [0.25, 0.3) is 0 Å². The van der Waals surface area contributed by atoms with E-state index in [1.165, 1.54) is 6.33 Å². The van der Waals surface area contributed by atoms with Crippen LogP contribution in [0.2, 0.25) is 5.02 Å². The summed E-state index contributed by atoms with van der Waals surface area (Å²) in [7, 11) is 0. The highest BCUT2D eigenvalue weighted by Gasteiger charge is 2.15. The molecule has 0 saturated heterocycles. The third-order valence-corrected chi connectivity index (χ3v) is 4.47. The molecule has 0 radical (unpaired) electrons. The van der Waals surface area contributed by atoms with Gasteiger partial charge in [0.2, 0.25) is 5.78 Å². The first-order valence-corrected chi connectivity index (χ1v) is 8.62. The quantitative estimate of drug-likeness (QED) is 0.309. The molecule has 6 nitrogen and oxygen atoms in total. The fraction of sp³-hybridized carbons (Fsp3) is 0.0500. The molecule has 2 aromatic heterocycles. The number of nitrogens with one attached hydrogen (secondary N) is 1. The minimum Gasteiger partial charge on any atom is -0.507 e. The maximum Gasteiger partial charge on any atom is 0.226 e. The predicted molar refractivity (Wildman–Crippen MR) is 104 cm³/mol. The lowest BCUT2D eigenvalue weighted by Gasteiger charge is -2.05. The van der Waals surface area contributed by atoms with Crippen molar-refractivity contribution >= 4 is 34.0 Å². The van der Waals surface area contributed by atoms with E-state index in [1.807, 2.05) is 53.2 Å². The summed E-state index contributed by atoms with van der Waals surface area (Å²) < 4.78 is 1.99. The average Bonchev–Trinajstić information content (AvgIpc) is 3.31. The van der Waals surface area contributed by atoms with Crippen LogP contribution in [0.3, 0.4) is 0 Å². The molecule has 4 aromatic rings.